The lowest BCUT2D eigenvalue weighted by Gasteiger charge is -2.40. The highest BCUT2D eigenvalue weighted by Crippen LogP contribution is 2.45. The van der Waals surface area contributed by atoms with Gasteiger partial charge in [0, 0.05) is 6.54 Å². The van der Waals surface area contributed by atoms with Gasteiger partial charge in [0.25, 0.3) is 0 Å². The summed E-state index contributed by atoms with van der Waals surface area (Å²) in [6, 6.07) is 0. The molecule has 2 fully saturated rings. The fraction of sp³-hybridized carbons (Fsp3) is 0.933. The first-order chi connectivity index (χ1) is 8.89. The fourth-order valence-corrected chi connectivity index (χ4v) is 3.04. The van der Waals surface area contributed by atoms with Crippen molar-refractivity contribution in [2.24, 2.45) is 16.7 Å². The summed E-state index contributed by atoms with van der Waals surface area (Å²) in [4.78, 5) is 14.4. The van der Waals surface area contributed by atoms with E-state index >= 15 is 0 Å². The average Bonchev–Trinajstić information content (AvgIpc) is 3.17. The maximum absolute atomic E-state index is 12.1. The van der Waals surface area contributed by atoms with Crippen molar-refractivity contribution in [3.8, 4) is 0 Å². The van der Waals surface area contributed by atoms with Crippen LogP contribution in [0.4, 0.5) is 0 Å². The first-order valence-electron chi connectivity index (χ1n) is 7.47. The Morgan fingerprint density at radius 1 is 1.37 bits per heavy atom. The molecule has 4 nitrogen and oxygen atoms in total. The second-order valence-corrected chi connectivity index (χ2v) is 7.19. The lowest BCUT2D eigenvalue weighted by molar-refractivity contribution is -0.128. The second kappa shape index (κ2) is 5.41. The number of hydrogen-bond donors (Lipinski definition) is 2. The molecule has 2 N–H and O–H groups in total. The minimum absolute atomic E-state index is 0.00646. The Hall–Kier alpha value is -0.610. The van der Waals surface area contributed by atoms with Gasteiger partial charge in [-0.25, -0.2) is 0 Å². The minimum Gasteiger partial charge on any atom is -0.395 e. The molecule has 0 unspecified atom stereocenters. The van der Waals surface area contributed by atoms with Crippen molar-refractivity contribution in [3.63, 3.8) is 0 Å². The summed E-state index contributed by atoms with van der Waals surface area (Å²) < 4.78 is 0. The van der Waals surface area contributed by atoms with Gasteiger partial charge in [0.05, 0.1) is 12.0 Å². The summed E-state index contributed by atoms with van der Waals surface area (Å²) >= 11 is 0. The van der Waals surface area contributed by atoms with Gasteiger partial charge in [-0.2, -0.15) is 0 Å². The number of nitrogens with one attached hydrogen (secondary N) is 1. The molecule has 0 radical (unpaired) electrons. The van der Waals surface area contributed by atoms with Crippen molar-refractivity contribution >= 4 is 5.91 Å². The Balaban J connectivity index is 1.82. The Morgan fingerprint density at radius 2 is 1.95 bits per heavy atom. The largest absolute Gasteiger partial charge is 0.395 e. The van der Waals surface area contributed by atoms with Crippen LogP contribution in [0.15, 0.2) is 0 Å². The predicted molar refractivity (Wildman–Crippen MR) is 75.8 cm³/mol. The highest BCUT2D eigenvalue weighted by Gasteiger charge is 2.49. The van der Waals surface area contributed by atoms with Crippen LogP contribution < -0.4 is 5.32 Å². The van der Waals surface area contributed by atoms with Gasteiger partial charge >= 0.3 is 0 Å². The molecule has 0 spiro atoms. The molecule has 0 bridgehead atoms. The van der Waals surface area contributed by atoms with Crippen LogP contribution in [0.2, 0.25) is 0 Å². The Morgan fingerprint density at radius 3 is 2.42 bits per heavy atom. The van der Waals surface area contributed by atoms with Crippen molar-refractivity contribution in [3.05, 3.63) is 0 Å². The molecule has 0 aromatic rings. The molecule has 2 rings (SSSR count). The Labute approximate surface area is 116 Å². The van der Waals surface area contributed by atoms with Gasteiger partial charge < -0.3 is 15.3 Å². The molecule has 4 heteroatoms. The lowest BCUT2D eigenvalue weighted by atomic mass is 9.73. The number of carbonyl (C=O) groups is 1. The van der Waals surface area contributed by atoms with Crippen LogP contribution in [-0.4, -0.2) is 49.2 Å². The number of rotatable bonds is 5. The van der Waals surface area contributed by atoms with E-state index in [0.717, 1.165) is 32.5 Å². The predicted octanol–water partition coefficient (Wildman–Crippen LogP) is 1.24. The van der Waals surface area contributed by atoms with Crippen molar-refractivity contribution in [1.82, 2.24) is 10.2 Å². The van der Waals surface area contributed by atoms with Crippen LogP contribution in [0.1, 0.15) is 39.5 Å². The number of nitrogens with zero attached hydrogens (tertiary/aromatic N) is 1. The molecule has 1 aliphatic carbocycles. The first kappa shape index (κ1) is 14.8. The zero-order valence-corrected chi connectivity index (χ0v) is 12.5. The Bertz CT molecular complexity index is 329. The van der Waals surface area contributed by atoms with Gasteiger partial charge in [0.2, 0.25) is 5.91 Å². The minimum atomic E-state index is -0.442. The number of aliphatic hydroxyl groups is 1. The van der Waals surface area contributed by atoms with Crippen molar-refractivity contribution in [1.29, 1.82) is 0 Å². The summed E-state index contributed by atoms with van der Waals surface area (Å²) in [6.07, 6.45) is 4.10. The number of hydrogen-bond acceptors (Lipinski definition) is 3. The quantitative estimate of drug-likeness (QED) is 0.789. The summed E-state index contributed by atoms with van der Waals surface area (Å²) in [6.45, 7) is 7.53. The summed E-state index contributed by atoms with van der Waals surface area (Å²) in [5, 5.41) is 12.3. The molecule has 110 valence electrons. The summed E-state index contributed by atoms with van der Waals surface area (Å²) in [5.41, 5.74) is -0.300. The maximum Gasteiger partial charge on any atom is 0.228 e. The number of likely N-dealkylation sites (tertiary alicyclic amines) is 1. The van der Waals surface area contributed by atoms with Gasteiger partial charge in [-0.05, 0) is 57.2 Å². The standard InChI is InChI=1S/C15H28N2O2/c1-14(2,12-4-8-17(3)9-5-12)10-16-13(19)15(11-18)6-7-15/h12,18H,4-11H2,1-3H3,(H,16,19). The molecule has 1 saturated carbocycles. The summed E-state index contributed by atoms with van der Waals surface area (Å²) in [7, 11) is 2.17. The molecule has 1 heterocycles. The van der Waals surface area contributed by atoms with Crippen molar-refractivity contribution in [2.75, 3.05) is 33.3 Å². The van der Waals surface area contributed by atoms with Gasteiger partial charge in [-0.15, -0.1) is 0 Å². The second-order valence-electron chi connectivity index (χ2n) is 7.19. The fourth-order valence-electron chi connectivity index (χ4n) is 3.04. The molecule has 2 aliphatic rings. The monoisotopic (exact) mass is 268 g/mol. The molecule has 0 aromatic heterocycles. The number of carbonyl (C=O) groups excluding carboxylic acids is 1. The van der Waals surface area contributed by atoms with E-state index in [9.17, 15) is 9.90 Å². The molecule has 1 aliphatic heterocycles. The zero-order valence-electron chi connectivity index (χ0n) is 12.5. The third-order valence-electron chi connectivity index (χ3n) is 5.17. The molecular formula is C15H28N2O2. The smallest absolute Gasteiger partial charge is 0.228 e. The lowest BCUT2D eigenvalue weighted by Crippen LogP contribution is -2.45. The molecule has 0 aromatic carbocycles. The number of piperidine rings is 1. The van der Waals surface area contributed by atoms with Crippen LogP contribution in [0, 0.1) is 16.7 Å². The van der Waals surface area contributed by atoms with E-state index in [-0.39, 0.29) is 17.9 Å². The van der Waals surface area contributed by atoms with Crippen LogP contribution in [0.25, 0.3) is 0 Å². The molecule has 1 amide bonds. The van der Waals surface area contributed by atoms with E-state index in [1.54, 1.807) is 0 Å². The van der Waals surface area contributed by atoms with E-state index in [0.29, 0.717) is 5.92 Å². The molecule has 1 saturated heterocycles. The summed E-state index contributed by atoms with van der Waals surface area (Å²) in [5.74, 6) is 0.726. The maximum atomic E-state index is 12.1. The zero-order chi connectivity index (χ0) is 14.1. The molecular weight excluding hydrogens is 240 g/mol. The SMILES string of the molecule is CN1CCC(C(C)(C)CNC(=O)C2(CO)CC2)CC1. The van der Waals surface area contributed by atoms with Gasteiger partial charge in [-0.3, -0.25) is 4.79 Å². The molecule has 0 atom stereocenters. The van der Waals surface area contributed by atoms with Crippen molar-refractivity contribution < 1.29 is 9.90 Å². The van der Waals surface area contributed by atoms with Crippen molar-refractivity contribution in [2.45, 2.75) is 39.5 Å². The van der Waals surface area contributed by atoms with E-state index in [4.69, 9.17) is 0 Å². The highest BCUT2D eigenvalue weighted by molar-refractivity contribution is 5.85. The van der Waals surface area contributed by atoms with Crippen LogP contribution in [-0.2, 0) is 4.79 Å². The third kappa shape index (κ3) is 3.29. The Kier molecular flexibility index (Phi) is 4.21. The average molecular weight is 268 g/mol. The van der Waals surface area contributed by atoms with Crippen LogP contribution in [0.3, 0.4) is 0 Å². The van der Waals surface area contributed by atoms with Gasteiger partial charge in [0.15, 0.2) is 0 Å². The number of amides is 1. The van der Waals surface area contributed by atoms with Crippen LogP contribution in [0.5, 0.6) is 0 Å². The highest BCUT2D eigenvalue weighted by atomic mass is 16.3. The van der Waals surface area contributed by atoms with E-state index < -0.39 is 5.41 Å². The topological polar surface area (TPSA) is 52.6 Å². The van der Waals surface area contributed by atoms with E-state index in [1.165, 1.54) is 12.8 Å². The van der Waals surface area contributed by atoms with Crippen LogP contribution >= 0.6 is 0 Å². The van der Waals surface area contributed by atoms with E-state index in [2.05, 4.69) is 31.1 Å². The van der Waals surface area contributed by atoms with Gasteiger partial charge in [-0.1, -0.05) is 13.8 Å². The first-order valence-corrected chi connectivity index (χ1v) is 7.47. The molecule has 19 heavy (non-hydrogen) atoms. The van der Waals surface area contributed by atoms with Gasteiger partial charge in [0.1, 0.15) is 0 Å². The number of aliphatic hydroxyl groups excluding tert-OH is 1. The van der Waals surface area contributed by atoms with E-state index in [1.807, 2.05) is 0 Å². The third-order valence-corrected chi connectivity index (χ3v) is 5.17. The normalized spacial score (nSPS) is 24.2.